The molecule has 3 aromatic rings. The van der Waals surface area contributed by atoms with Gasteiger partial charge in [0.15, 0.2) is 16.1 Å². The predicted molar refractivity (Wildman–Crippen MR) is 112 cm³/mol. The standard InChI is InChI=1S/C19H21N5O2S2/c1-4-9-24-16(10-26-15-7-5-13(2)6-8-15)22-23-19(24)28-12-17(25)21-18-20-14(3)11-27-18/h4-8,11H,1,9-10,12H2,2-3H3,(H,20,21,25). The van der Waals surface area contributed by atoms with Crippen LogP contribution in [0.5, 0.6) is 5.75 Å². The van der Waals surface area contributed by atoms with Crippen molar-refractivity contribution in [2.45, 2.75) is 32.2 Å². The van der Waals surface area contributed by atoms with Gasteiger partial charge in [0.05, 0.1) is 11.4 Å². The van der Waals surface area contributed by atoms with E-state index < -0.39 is 0 Å². The highest BCUT2D eigenvalue weighted by atomic mass is 32.2. The fraction of sp³-hybridized carbons (Fsp3) is 0.263. The fourth-order valence-electron chi connectivity index (χ4n) is 2.32. The first-order valence-corrected chi connectivity index (χ1v) is 10.5. The first-order valence-electron chi connectivity index (χ1n) is 8.62. The maximum absolute atomic E-state index is 12.1. The summed E-state index contributed by atoms with van der Waals surface area (Å²) in [4.78, 5) is 16.4. The van der Waals surface area contributed by atoms with Crippen molar-refractivity contribution in [1.29, 1.82) is 0 Å². The van der Waals surface area contributed by atoms with Crippen LogP contribution < -0.4 is 10.1 Å². The van der Waals surface area contributed by atoms with E-state index in [0.29, 0.717) is 22.7 Å². The zero-order valence-corrected chi connectivity index (χ0v) is 17.3. The number of aryl methyl sites for hydroxylation is 2. The third kappa shape index (κ3) is 5.43. The molecule has 0 aliphatic carbocycles. The molecule has 9 heteroatoms. The second-order valence-electron chi connectivity index (χ2n) is 6.03. The van der Waals surface area contributed by atoms with Gasteiger partial charge in [0.2, 0.25) is 5.91 Å². The van der Waals surface area contributed by atoms with E-state index in [2.05, 4.69) is 27.1 Å². The van der Waals surface area contributed by atoms with Crippen molar-refractivity contribution in [3.63, 3.8) is 0 Å². The molecule has 0 aliphatic rings. The Hall–Kier alpha value is -2.65. The molecule has 0 aliphatic heterocycles. The van der Waals surface area contributed by atoms with Crippen molar-refractivity contribution < 1.29 is 9.53 Å². The van der Waals surface area contributed by atoms with Gasteiger partial charge in [0.1, 0.15) is 12.4 Å². The molecule has 0 saturated carbocycles. The molecule has 0 saturated heterocycles. The molecule has 146 valence electrons. The van der Waals surface area contributed by atoms with E-state index in [1.807, 2.05) is 48.1 Å². The summed E-state index contributed by atoms with van der Waals surface area (Å²) in [6, 6.07) is 7.83. The number of benzene rings is 1. The van der Waals surface area contributed by atoms with E-state index in [1.54, 1.807) is 6.08 Å². The molecule has 0 unspecified atom stereocenters. The third-order valence-corrected chi connectivity index (χ3v) is 5.53. The molecule has 7 nitrogen and oxygen atoms in total. The highest BCUT2D eigenvalue weighted by molar-refractivity contribution is 7.99. The number of nitrogens with one attached hydrogen (secondary N) is 1. The van der Waals surface area contributed by atoms with Crippen LogP contribution in [-0.4, -0.2) is 31.4 Å². The number of amides is 1. The molecule has 1 N–H and O–H groups in total. The minimum Gasteiger partial charge on any atom is -0.486 e. The SMILES string of the molecule is C=CCn1c(COc2ccc(C)cc2)nnc1SCC(=O)Nc1nc(C)cs1. The maximum Gasteiger partial charge on any atom is 0.236 e. The largest absolute Gasteiger partial charge is 0.486 e. The van der Waals surface area contributed by atoms with Gasteiger partial charge in [-0.05, 0) is 26.0 Å². The first-order chi connectivity index (χ1) is 13.5. The van der Waals surface area contributed by atoms with Gasteiger partial charge in [-0.3, -0.25) is 9.36 Å². The molecule has 2 aromatic heterocycles. The highest BCUT2D eigenvalue weighted by Crippen LogP contribution is 2.20. The van der Waals surface area contributed by atoms with Crippen LogP contribution in [0.25, 0.3) is 0 Å². The van der Waals surface area contributed by atoms with Crippen LogP contribution in [0.1, 0.15) is 17.1 Å². The smallest absolute Gasteiger partial charge is 0.236 e. The number of hydrogen-bond donors (Lipinski definition) is 1. The van der Waals surface area contributed by atoms with Crippen LogP contribution in [0.3, 0.4) is 0 Å². The third-order valence-electron chi connectivity index (χ3n) is 3.69. The lowest BCUT2D eigenvalue weighted by atomic mass is 10.2. The minimum atomic E-state index is -0.134. The molecule has 28 heavy (non-hydrogen) atoms. The van der Waals surface area contributed by atoms with Gasteiger partial charge in [-0.15, -0.1) is 28.1 Å². The number of ether oxygens (including phenoxy) is 1. The highest BCUT2D eigenvalue weighted by Gasteiger charge is 2.14. The molecule has 3 rings (SSSR count). The lowest BCUT2D eigenvalue weighted by Gasteiger charge is -2.09. The summed E-state index contributed by atoms with van der Waals surface area (Å²) in [5.74, 6) is 1.53. The molecule has 2 heterocycles. The number of thioether (sulfide) groups is 1. The first kappa shape index (κ1) is 20.1. The number of carbonyl (C=O) groups is 1. The predicted octanol–water partition coefficient (Wildman–Crippen LogP) is 3.85. The van der Waals surface area contributed by atoms with Crippen molar-refractivity contribution in [2.75, 3.05) is 11.1 Å². The number of nitrogens with zero attached hydrogens (tertiary/aromatic N) is 4. The van der Waals surface area contributed by atoms with Crippen molar-refractivity contribution >= 4 is 34.1 Å². The monoisotopic (exact) mass is 415 g/mol. The molecular formula is C19H21N5O2S2. The summed E-state index contributed by atoms with van der Waals surface area (Å²) in [5.41, 5.74) is 2.06. The number of allylic oxidation sites excluding steroid dienone is 1. The van der Waals surface area contributed by atoms with Gasteiger partial charge >= 0.3 is 0 Å². The van der Waals surface area contributed by atoms with Crippen LogP contribution in [0, 0.1) is 13.8 Å². The van der Waals surface area contributed by atoms with E-state index in [4.69, 9.17) is 4.74 Å². The Morgan fingerprint density at radius 1 is 1.32 bits per heavy atom. The molecule has 0 fully saturated rings. The van der Waals surface area contributed by atoms with Gasteiger partial charge in [-0.1, -0.05) is 35.5 Å². The van der Waals surface area contributed by atoms with E-state index >= 15 is 0 Å². The quantitative estimate of drug-likeness (QED) is 0.422. The average molecular weight is 416 g/mol. The Morgan fingerprint density at radius 2 is 2.11 bits per heavy atom. The number of rotatable bonds is 9. The summed E-state index contributed by atoms with van der Waals surface area (Å²) in [6.45, 7) is 8.53. The van der Waals surface area contributed by atoms with Crippen molar-refractivity contribution in [2.24, 2.45) is 0 Å². The Labute approximate surface area is 171 Å². The minimum absolute atomic E-state index is 0.134. The Morgan fingerprint density at radius 3 is 2.79 bits per heavy atom. The van der Waals surface area contributed by atoms with E-state index in [0.717, 1.165) is 11.4 Å². The van der Waals surface area contributed by atoms with Crippen LogP contribution in [-0.2, 0) is 17.9 Å². The topological polar surface area (TPSA) is 81.9 Å². The summed E-state index contributed by atoms with van der Waals surface area (Å²) >= 11 is 2.72. The van der Waals surface area contributed by atoms with Gasteiger partial charge in [0, 0.05) is 11.9 Å². The van der Waals surface area contributed by atoms with E-state index in [-0.39, 0.29) is 18.3 Å². The second kappa shape index (κ2) is 9.52. The summed E-state index contributed by atoms with van der Waals surface area (Å²) in [5, 5.41) is 14.3. The number of thiazole rings is 1. The van der Waals surface area contributed by atoms with Crippen molar-refractivity contribution in [3.8, 4) is 5.75 Å². The van der Waals surface area contributed by atoms with E-state index in [1.165, 1.54) is 28.7 Å². The van der Waals surface area contributed by atoms with Gasteiger partial charge in [-0.2, -0.15) is 0 Å². The molecule has 0 spiro atoms. The van der Waals surface area contributed by atoms with Gasteiger partial charge in [0.25, 0.3) is 0 Å². The zero-order valence-electron chi connectivity index (χ0n) is 15.7. The molecule has 1 aromatic carbocycles. The van der Waals surface area contributed by atoms with Crippen LogP contribution in [0.15, 0.2) is 47.5 Å². The Balaban J connectivity index is 1.60. The molecule has 0 atom stereocenters. The van der Waals surface area contributed by atoms with Gasteiger partial charge in [-0.25, -0.2) is 4.98 Å². The zero-order chi connectivity index (χ0) is 19.9. The van der Waals surface area contributed by atoms with Crippen molar-refractivity contribution in [1.82, 2.24) is 19.7 Å². The van der Waals surface area contributed by atoms with Crippen molar-refractivity contribution in [3.05, 3.63) is 59.4 Å². The summed E-state index contributed by atoms with van der Waals surface area (Å²) < 4.78 is 7.70. The average Bonchev–Trinajstić information content (AvgIpc) is 3.26. The lowest BCUT2D eigenvalue weighted by molar-refractivity contribution is -0.113. The number of anilines is 1. The van der Waals surface area contributed by atoms with Crippen LogP contribution >= 0.6 is 23.1 Å². The summed E-state index contributed by atoms with van der Waals surface area (Å²) in [7, 11) is 0. The fourth-order valence-corrected chi connectivity index (χ4v) is 3.80. The summed E-state index contributed by atoms with van der Waals surface area (Å²) in [6.07, 6.45) is 1.77. The van der Waals surface area contributed by atoms with Crippen LogP contribution in [0.4, 0.5) is 5.13 Å². The van der Waals surface area contributed by atoms with Crippen LogP contribution in [0.2, 0.25) is 0 Å². The molecular weight excluding hydrogens is 394 g/mol. The number of carbonyl (C=O) groups excluding carboxylic acids is 1. The van der Waals surface area contributed by atoms with Gasteiger partial charge < -0.3 is 10.1 Å². The molecule has 1 amide bonds. The second-order valence-corrected chi connectivity index (χ2v) is 7.83. The molecule has 0 bridgehead atoms. The molecule has 0 radical (unpaired) electrons. The normalized spacial score (nSPS) is 10.6. The maximum atomic E-state index is 12.1. The number of aromatic nitrogens is 4. The van der Waals surface area contributed by atoms with E-state index in [9.17, 15) is 4.79 Å². The number of hydrogen-bond acceptors (Lipinski definition) is 7. The Kier molecular flexibility index (Phi) is 6.83. The lowest BCUT2D eigenvalue weighted by Crippen LogP contribution is -2.15. The Bertz CT molecular complexity index is 950.